The first-order valence-electron chi connectivity index (χ1n) is 9.76. The Morgan fingerprint density at radius 1 is 1.16 bits per heavy atom. The van der Waals surface area contributed by atoms with E-state index in [0.717, 1.165) is 33.9 Å². The van der Waals surface area contributed by atoms with Gasteiger partial charge in [0.2, 0.25) is 5.91 Å². The quantitative estimate of drug-likeness (QED) is 0.490. The highest BCUT2D eigenvalue weighted by atomic mass is 19.1. The molecule has 0 bridgehead atoms. The number of para-hydroxylation sites is 1. The number of rotatable bonds is 6. The number of carbonyl (C=O) groups excluding carboxylic acids is 1. The molecule has 0 unspecified atom stereocenters. The summed E-state index contributed by atoms with van der Waals surface area (Å²) in [7, 11) is 1.61. The van der Waals surface area contributed by atoms with Crippen LogP contribution in [0, 0.1) is 19.7 Å². The molecular formula is C23H22FN5O2. The average Bonchev–Trinajstić information content (AvgIpc) is 3.34. The highest BCUT2D eigenvalue weighted by Gasteiger charge is 2.17. The van der Waals surface area contributed by atoms with Gasteiger partial charge in [0.25, 0.3) is 0 Å². The Bertz CT molecular complexity index is 1230. The number of H-pyrrole nitrogens is 1. The molecule has 0 aliphatic carbocycles. The molecule has 0 saturated heterocycles. The van der Waals surface area contributed by atoms with E-state index >= 15 is 0 Å². The largest absolute Gasteiger partial charge is 0.496 e. The summed E-state index contributed by atoms with van der Waals surface area (Å²) in [6.45, 7) is 3.74. The molecule has 31 heavy (non-hydrogen) atoms. The molecule has 4 rings (SSSR count). The molecule has 7 nitrogen and oxygen atoms in total. The van der Waals surface area contributed by atoms with E-state index in [9.17, 15) is 9.18 Å². The predicted molar refractivity (Wildman–Crippen MR) is 116 cm³/mol. The molecule has 0 radical (unpaired) electrons. The molecule has 2 aromatic heterocycles. The highest BCUT2D eigenvalue weighted by molar-refractivity contribution is 5.92. The van der Waals surface area contributed by atoms with E-state index in [-0.39, 0.29) is 18.1 Å². The molecule has 2 N–H and O–H groups in total. The summed E-state index contributed by atoms with van der Waals surface area (Å²) in [4.78, 5) is 12.7. The summed E-state index contributed by atoms with van der Waals surface area (Å²) in [5, 5.41) is 14.4. The van der Waals surface area contributed by atoms with Gasteiger partial charge in [-0.05, 0) is 50.2 Å². The van der Waals surface area contributed by atoms with Crippen molar-refractivity contribution in [1.29, 1.82) is 0 Å². The number of ether oxygens (including phenoxy) is 1. The number of aryl methyl sites for hydroxylation is 1. The van der Waals surface area contributed by atoms with Crippen LogP contribution in [-0.2, 0) is 11.2 Å². The Labute approximate surface area is 178 Å². The summed E-state index contributed by atoms with van der Waals surface area (Å²) >= 11 is 0. The average molecular weight is 419 g/mol. The summed E-state index contributed by atoms with van der Waals surface area (Å²) in [5.74, 6) is 0.620. The number of anilines is 1. The van der Waals surface area contributed by atoms with Gasteiger partial charge in [-0.2, -0.15) is 10.2 Å². The third-order valence-corrected chi connectivity index (χ3v) is 5.09. The van der Waals surface area contributed by atoms with Gasteiger partial charge in [0.05, 0.1) is 30.6 Å². The van der Waals surface area contributed by atoms with Gasteiger partial charge >= 0.3 is 0 Å². The first-order valence-corrected chi connectivity index (χ1v) is 9.76. The lowest BCUT2D eigenvalue weighted by Crippen LogP contribution is -2.15. The maximum Gasteiger partial charge on any atom is 0.230 e. The molecule has 0 fully saturated rings. The number of nitrogens with one attached hydrogen (secondary N) is 2. The molecule has 8 heteroatoms. The second-order valence-corrected chi connectivity index (χ2v) is 7.13. The van der Waals surface area contributed by atoms with E-state index in [1.165, 1.54) is 12.1 Å². The zero-order valence-electron chi connectivity index (χ0n) is 17.4. The Morgan fingerprint density at radius 2 is 1.90 bits per heavy atom. The molecule has 0 saturated carbocycles. The van der Waals surface area contributed by atoms with Crippen molar-refractivity contribution in [2.45, 2.75) is 20.3 Å². The molecular weight excluding hydrogens is 397 g/mol. The van der Waals surface area contributed by atoms with Crippen molar-refractivity contribution >= 4 is 11.7 Å². The van der Waals surface area contributed by atoms with Crippen molar-refractivity contribution in [2.24, 2.45) is 0 Å². The van der Waals surface area contributed by atoms with Crippen LogP contribution < -0.4 is 10.1 Å². The Balaban J connectivity index is 1.50. The zero-order valence-corrected chi connectivity index (χ0v) is 17.4. The zero-order chi connectivity index (χ0) is 22.0. The lowest BCUT2D eigenvalue weighted by atomic mass is 10.1. The van der Waals surface area contributed by atoms with Crippen molar-refractivity contribution in [1.82, 2.24) is 20.0 Å². The van der Waals surface area contributed by atoms with Crippen molar-refractivity contribution in [3.05, 3.63) is 77.4 Å². The Kier molecular flexibility index (Phi) is 5.53. The normalized spacial score (nSPS) is 10.8. The van der Waals surface area contributed by atoms with Crippen LogP contribution in [0.15, 0.2) is 54.6 Å². The van der Waals surface area contributed by atoms with Crippen LogP contribution in [0.1, 0.15) is 17.0 Å². The monoisotopic (exact) mass is 419 g/mol. The van der Waals surface area contributed by atoms with E-state index in [2.05, 4.69) is 20.6 Å². The fraction of sp³-hybridized carbons (Fsp3) is 0.174. The second kappa shape index (κ2) is 8.43. The minimum Gasteiger partial charge on any atom is -0.496 e. The summed E-state index contributed by atoms with van der Waals surface area (Å²) in [6.07, 6.45) is 0.149. The van der Waals surface area contributed by atoms with E-state index < -0.39 is 0 Å². The van der Waals surface area contributed by atoms with Crippen LogP contribution in [0.3, 0.4) is 0 Å². The Hall–Kier alpha value is -3.94. The third kappa shape index (κ3) is 4.18. The van der Waals surface area contributed by atoms with Crippen LogP contribution >= 0.6 is 0 Å². The van der Waals surface area contributed by atoms with Gasteiger partial charge in [0, 0.05) is 22.9 Å². The number of benzene rings is 2. The van der Waals surface area contributed by atoms with Gasteiger partial charge in [-0.1, -0.05) is 12.1 Å². The SMILES string of the molecule is COc1ccccc1-c1cc(NC(=O)Cc2c(C)nn(-c3ccc(F)cc3)c2C)n[nH]1. The predicted octanol–water partition coefficient (Wildman–Crippen LogP) is 4.21. The first-order chi connectivity index (χ1) is 15.0. The van der Waals surface area contributed by atoms with E-state index in [1.54, 1.807) is 30.0 Å². The van der Waals surface area contributed by atoms with Gasteiger partial charge in [-0.25, -0.2) is 9.07 Å². The molecule has 2 aromatic carbocycles. The van der Waals surface area contributed by atoms with Crippen molar-refractivity contribution in [3.63, 3.8) is 0 Å². The smallest absolute Gasteiger partial charge is 0.230 e. The molecule has 1 amide bonds. The fourth-order valence-electron chi connectivity index (χ4n) is 3.50. The van der Waals surface area contributed by atoms with E-state index in [4.69, 9.17) is 4.74 Å². The summed E-state index contributed by atoms with van der Waals surface area (Å²) in [6, 6.07) is 15.4. The number of carbonyl (C=O) groups is 1. The van der Waals surface area contributed by atoms with Gasteiger partial charge in [0.15, 0.2) is 5.82 Å². The molecule has 0 atom stereocenters. The molecule has 0 aliphatic heterocycles. The van der Waals surface area contributed by atoms with Gasteiger partial charge in [0.1, 0.15) is 11.6 Å². The lowest BCUT2D eigenvalue weighted by molar-refractivity contribution is -0.115. The van der Waals surface area contributed by atoms with Crippen molar-refractivity contribution < 1.29 is 13.9 Å². The number of hydrogen-bond acceptors (Lipinski definition) is 4. The van der Waals surface area contributed by atoms with Crippen molar-refractivity contribution in [3.8, 4) is 22.7 Å². The molecule has 0 spiro atoms. The van der Waals surface area contributed by atoms with Gasteiger partial charge in [-0.3, -0.25) is 9.89 Å². The number of hydrogen-bond donors (Lipinski definition) is 2. The number of nitrogens with zero attached hydrogens (tertiary/aromatic N) is 3. The molecule has 158 valence electrons. The lowest BCUT2D eigenvalue weighted by Gasteiger charge is -2.06. The number of aromatic nitrogens is 4. The summed E-state index contributed by atoms with van der Waals surface area (Å²) < 4.78 is 20.3. The van der Waals surface area contributed by atoms with Gasteiger partial charge < -0.3 is 10.1 Å². The number of methoxy groups -OCH3 is 1. The number of halogens is 1. The summed E-state index contributed by atoms with van der Waals surface area (Å²) in [5.41, 5.74) is 4.73. The van der Waals surface area contributed by atoms with Crippen LogP contribution in [0.4, 0.5) is 10.2 Å². The maximum atomic E-state index is 13.2. The highest BCUT2D eigenvalue weighted by Crippen LogP contribution is 2.29. The van der Waals surface area contributed by atoms with Crippen LogP contribution in [0.25, 0.3) is 16.9 Å². The van der Waals surface area contributed by atoms with Crippen LogP contribution in [0.5, 0.6) is 5.75 Å². The van der Waals surface area contributed by atoms with E-state index in [1.807, 2.05) is 38.1 Å². The minimum absolute atomic E-state index is 0.149. The van der Waals surface area contributed by atoms with E-state index in [0.29, 0.717) is 11.6 Å². The standard InChI is InChI=1S/C23H22FN5O2/c1-14-19(15(2)29(28-14)17-10-8-16(24)9-11-17)12-23(30)25-22-13-20(26-27-22)18-6-4-5-7-21(18)31-3/h4-11,13H,12H2,1-3H3,(H2,25,26,27,30). The number of aromatic amines is 1. The number of amides is 1. The van der Waals surface area contributed by atoms with Crippen molar-refractivity contribution in [2.75, 3.05) is 12.4 Å². The molecule has 4 aromatic rings. The fourth-order valence-corrected chi connectivity index (χ4v) is 3.50. The maximum absolute atomic E-state index is 13.2. The third-order valence-electron chi connectivity index (χ3n) is 5.09. The Morgan fingerprint density at radius 3 is 2.65 bits per heavy atom. The second-order valence-electron chi connectivity index (χ2n) is 7.13. The first kappa shape index (κ1) is 20.3. The minimum atomic E-state index is -0.309. The van der Waals surface area contributed by atoms with Crippen LogP contribution in [-0.4, -0.2) is 33.0 Å². The topological polar surface area (TPSA) is 84.8 Å². The van der Waals surface area contributed by atoms with Crippen LogP contribution in [0.2, 0.25) is 0 Å². The molecule has 0 aliphatic rings. The van der Waals surface area contributed by atoms with Gasteiger partial charge in [-0.15, -0.1) is 0 Å². The molecule has 2 heterocycles.